The van der Waals surface area contributed by atoms with Crippen molar-refractivity contribution in [2.45, 2.75) is 13.5 Å². The summed E-state index contributed by atoms with van der Waals surface area (Å²) >= 11 is 0. The van der Waals surface area contributed by atoms with E-state index in [0.717, 1.165) is 12.1 Å². The lowest BCUT2D eigenvalue weighted by Gasteiger charge is -2.02. The Bertz CT molecular complexity index is 865. The molecule has 3 aromatic rings. The number of hydrazone groups is 1. The zero-order valence-corrected chi connectivity index (χ0v) is 12.5. The van der Waals surface area contributed by atoms with Crippen LogP contribution in [0.5, 0.6) is 0 Å². The summed E-state index contributed by atoms with van der Waals surface area (Å²) < 4.78 is 6.76. The van der Waals surface area contributed by atoms with Crippen LogP contribution in [0.3, 0.4) is 0 Å². The molecule has 0 bridgehead atoms. The fourth-order valence-electron chi connectivity index (χ4n) is 2.70. The second-order valence-electron chi connectivity index (χ2n) is 4.90. The monoisotopic (exact) mass is 295 g/mol. The van der Waals surface area contributed by atoms with Crippen LogP contribution in [-0.2, 0) is 11.3 Å². The highest BCUT2D eigenvalue weighted by Gasteiger charge is 2.08. The van der Waals surface area contributed by atoms with Gasteiger partial charge in [0.15, 0.2) is 0 Å². The van der Waals surface area contributed by atoms with Crippen molar-refractivity contribution in [3.63, 3.8) is 0 Å². The normalized spacial score (nSPS) is 11.4. The smallest absolute Gasteiger partial charge is 0.427 e. The maximum Gasteiger partial charge on any atom is 0.427 e. The zero-order chi connectivity index (χ0) is 15.5. The van der Waals surface area contributed by atoms with Gasteiger partial charge in [0.1, 0.15) is 0 Å². The van der Waals surface area contributed by atoms with Crippen LogP contribution in [0.2, 0.25) is 0 Å². The van der Waals surface area contributed by atoms with E-state index in [4.69, 9.17) is 0 Å². The number of hydrogen-bond donors (Lipinski definition) is 1. The Morgan fingerprint density at radius 3 is 2.77 bits per heavy atom. The van der Waals surface area contributed by atoms with E-state index in [1.807, 2.05) is 12.1 Å². The maximum absolute atomic E-state index is 11.0. The molecule has 0 radical (unpaired) electrons. The third-order valence-corrected chi connectivity index (χ3v) is 3.67. The van der Waals surface area contributed by atoms with Crippen molar-refractivity contribution < 1.29 is 9.53 Å². The number of hydrogen-bond acceptors (Lipinski definition) is 3. The molecule has 1 heterocycles. The first-order valence-corrected chi connectivity index (χ1v) is 7.12. The van der Waals surface area contributed by atoms with Crippen LogP contribution in [0, 0.1) is 0 Å². The highest BCUT2D eigenvalue weighted by atomic mass is 16.5. The number of aryl methyl sites for hydroxylation is 1. The predicted octanol–water partition coefficient (Wildman–Crippen LogP) is 3.50. The number of fused-ring (bicyclic) bond motifs is 3. The van der Waals surface area contributed by atoms with Gasteiger partial charge in [0.25, 0.3) is 0 Å². The number of carbonyl (C=O) groups is 1. The minimum atomic E-state index is -0.583. The van der Waals surface area contributed by atoms with Gasteiger partial charge in [-0.1, -0.05) is 24.3 Å². The van der Waals surface area contributed by atoms with Crippen molar-refractivity contribution in [1.82, 2.24) is 9.99 Å². The van der Waals surface area contributed by atoms with E-state index in [0.29, 0.717) is 0 Å². The van der Waals surface area contributed by atoms with Crippen molar-refractivity contribution >= 4 is 34.1 Å². The highest BCUT2D eigenvalue weighted by Crippen LogP contribution is 2.29. The molecule has 5 nitrogen and oxygen atoms in total. The van der Waals surface area contributed by atoms with Crippen LogP contribution in [0.25, 0.3) is 21.8 Å². The molecule has 0 aliphatic heterocycles. The summed E-state index contributed by atoms with van der Waals surface area (Å²) in [5.74, 6) is 0. The largest absolute Gasteiger partial charge is 0.452 e. The molecule has 3 rings (SSSR count). The van der Waals surface area contributed by atoms with E-state index in [1.165, 1.54) is 28.9 Å². The number of nitrogens with zero attached hydrogens (tertiary/aromatic N) is 2. The number of amides is 1. The summed E-state index contributed by atoms with van der Waals surface area (Å²) in [6, 6.07) is 14.5. The van der Waals surface area contributed by atoms with Crippen LogP contribution >= 0.6 is 0 Å². The second-order valence-corrected chi connectivity index (χ2v) is 4.90. The van der Waals surface area contributed by atoms with Gasteiger partial charge in [-0.25, -0.2) is 10.2 Å². The quantitative estimate of drug-likeness (QED) is 0.594. The van der Waals surface area contributed by atoms with Gasteiger partial charge in [0, 0.05) is 28.4 Å². The number of benzene rings is 2. The third kappa shape index (κ3) is 2.41. The van der Waals surface area contributed by atoms with Crippen LogP contribution in [0.1, 0.15) is 12.5 Å². The van der Waals surface area contributed by atoms with Gasteiger partial charge in [0.2, 0.25) is 0 Å². The van der Waals surface area contributed by atoms with E-state index >= 15 is 0 Å². The molecule has 0 aliphatic carbocycles. The first-order valence-electron chi connectivity index (χ1n) is 7.12. The van der Waals surface area contributed by atoms with Crippen molar-refractivity contribution in [3.8, 4) is 0 Å². The predicted molar refractivity (Wildman–Crippen MR) is 88.3 cm³/mol. The second kappa shape index (κ2) is 5.89. The molecule has 5 heteroatoms. The van der Waals surface area contributed by atoms with Gasteiger partial charge in [-0.15, -0.1) is 0 Å². The minimum Gasteiger partial charge on any atom is -0.452 e. The summed E-state index contributed by atoms with van der Waals surface area (Å²) in [6.45, 7) is 3.06. The van der Waals surface area contributed by atoms with E-state index in [9.17, 15) is 4.79 Å². The van der Waals surface area contributed by atoms with Gasteiger partial charge in [-0.2, -0.15) is 5.10 Å². The van der Waals surface area contributed by atoms with Crippen LogP contribution < -0.4 is 5.43 Å². The molecule has 0 spiro atoms. The molecule has 0 aliphatic rings. The van der Waals surface area contributed by atoms with Crippen LogP contribution in [0.15, 0.2) is 47.6 Å². The number of ether oxygens (including phenoxy) is 1. The average Bonchev–Trinajstić information content (AvgIpc) is 2.88. The molecule has 1 aromatic heterocycles. The number of para-hydroxylation sites is 1. The van der Waals surface area contributed by atoms with Crippen molar-refractivity contribution in [2.24, 2.45) is 5.10 Å². The highest BCUT2D eigenvalue weighted by molar-refractivity contribution is 6.09. The number of carbonyl (C=O) groups excluding carboxylic acids is 1. The fourth-order valence-corrected chi connectivity index (χ4v) is 2.70. The standard InChI is InChI=1S/C17H17N3O2/c1-3-20-15-7-5-4-6-13(15)14-10-12(8-9-16(14)20)11-18-19-17(21)22-2/h4-11H,3H2,1-2H3,(H,19,21)/b18-11+. The van der Waals surface area contributed by atoms with Crippen molar-refractivity contribution in [1.29, 1.82) is 0 Å². The molecule has 22 heavy (non-hydrogen) atoms. The average molecular weight is 295 g/mol. The lowest BCUT2D eigenvalue weighted by atomic mass is 10.1. The molecule has 0 saturated carbocycles. The lowest BCUT2D eigenvalue weighted by Crippen LogP contribution is -2.16. The van der Waals surface area contributed by atoms with E-state index < -0.39 is 6.09 Å². The molecule has 1 amide bonds. The van der Waals surface area contributed by atoms with Crippen molar-refractivity contribution in [2.75, 3.05) is 7.11 Å². The Labute approximate surface area is 128 Å². The summed E-state index contributed by atoms with van der Waals surface area (Å²) in [5, 5.41) is 6.27. The van der Waals surface area contributed by atoms with Crippen molar-refractivity contribution in [3.05, 3.63) is 48.0 Å². The van der Waals surface area contributed by atoms with Crippen LogP contribution in [-0.4, -0.2) is 24.0 Å². The number of nitrogens with one attached hydrogen (secondary N) is 1. The molecule has 2 aromatic carbocycles. The molecular weight excluding hydrogens is 278 g/mol. The summed E-state index contributed by atoms with van der Waals surface area (Å²) in [4.78, 5) is 11.0. The molecule has 0 saturated heterocycles. The number of rotatable bonds is 3. The van der Waals surface area contributed by atoms with E-state index in [1.54, 1.807) is 6.21 Å². The fraction of sp³-hybridized carbons (Fsp3) is 0.176. The lowest BCUT2D eigenvalue weighted by molar-refractivity contribution is 0.171. The Hall–Kier alpha value is -2.82. The first-order chi connectivity index (χ1) is 10.7. The Morgan fingerprint density at radius 2 is 2.00 bits per heavy atom. The topological polar surface area (TPSA) is 55.6 Å². The number of aromatic nitrogens is 1. The molecule has 0 atom stereocenters. The third-order valence-electron chi connectivity index (χ3n) is 3.67. The molecule has 0 unspecified atom stereocenters. The Kier molecular flexibility index (Phi) is 3.78. The van der Waals surface area contributed by atoms with Gasteiger partial charge in [-0.05, 0) is 30.7 Å². The van der Waals surface area contributed by atoms with E-state index in [-0.39, 0.29) is 0 Å². The van der Waals surface area contributed by atoms with Gasteiger partial charge >= 0.3 is 6.09 Å². The molecule has 112 valence electrons. The van der Waals surface area contributed by atoms with Gasteiger partial charge in [0.05, 0.1) is 13.3 Å². The Balaban J connectivity index is 2.06. The Morgan fingerprint density at radius 1 is 1.23 bits per heavy atom. The SMILES string of the molecule is CCn1c2ccccc2c2cc(/C=N/NC(=O)OC)ccc21. The first kappa shape index (κ1) is 14.1. The minimum absolute atomic E-state index is 0.583. The van der Waals surface area contributed by atoms with Gasteiger partial charge in [-0.3, -0.25) is 0 Å². The summed E-state index contributed by atoms with van der Waals surface area (Å²) in [7, 11) is 1.30. The van der Waals surface area contributed by atoms with Gasteiger partial charge < -0.3 is 9.30 Å². The van der Waals surface area contributed by atoms with Crippen LogP contribution in [0.4, 0.5) is 4.79 Å². The van der Waals surface area contributed by atoms with E-state index in [2.05, 4.69) is 57.1 Å². The zero-order valence-electron chi connectivity index (χ0n) is 12.5. The molecule has 1 N–H and O–H groups in total. The maximum atomic E-state index is 11.0. The molecule has 0 fully saturated rings. The number of methoxy groups -OCH3 is 1. The summed E-state index contributed by atoms with van der Waals surface area (Å²) in [5.41, 5.74) is 5.62. The summed E-state index contributed by atoms with van der Waals surface area (Å²) in [6.07, 6.45) is 1.02. The molecular formula is C17H17N3O2.